The summed E-state index contributed by atoms with van der Waals surface area (Å²) in [7, 11) is 1.71. The Kier molecular flexibility index (Phi) is 6.90. The smallest absolute Gasteiger partial charge is 0.342 e. The van der Waals surface area contributed by atoms with Crippen molar-refractivity contribution in [3.63, 3.8) is 0 Å². The Morgan fingerprint density at radius 3 is 2.35 bits per heavy atom. The zero-order valence-corrected chi connectivity index (χ0v) is 18.8. The summed E-state index contributed by atoms with van der Waals surface area (Å²) in [5.41, 5.74) is 6.21. The fourth-order valence-corrected chi connectivity index (χ4v) is 3.45. The van der Waals surface area contributed by atoms with Crippen molar-refractivity contribution >= 4 is 11.9 Å². The lowest BCUT2D eigenvalue weighted by atomic mass is 10.1. The molecule has 0 radical (unpaired) electrons. The van der Waals surface area contributed by atoms with Crippen LogP contribution in [0, 0.1) is 27.7 Å². The van der Waals surface area contributed by atoms with Crippen molar-refractivity contribution in [2.45, 2.75) is 40.8 Å². The Hall–Kier alpha value is -3.41. The molecular formula is C25H29N3O3. The maximum absolute atomic E-state index is 12.7. The monoisotopic (exact) mass is 419 g/mol. The molecule has 0 N–H and O–H groups in total. The molecule has 0 atom stereocenters. The average Bonchev–Trinajstić information content (AvgIpc) is 3.02. The van der Waals surface area contributed by atoms with Gasteiger partial charge < -0.3 is 9.64 Å². The summed E-state index contributed by atoms with van der Waals surface area (Å²) < 4.78 is 7.13. The van der Waals surface area contributed by atoms with Crippen molar-refractivity contribution in [1.29, 1.82) is 0 Å². The molecule has 0 spiro atoms. The van der Waals surface area contributed by atoms with Gasteiger partial charge in [-0.25, -0.2) is 4.79 Å². The largest absolute Gasteiger partial charge is 0.452 e. The van der Waals surface area contributed by atoms with Crippen LogP contribution in [0.1, 0.15) is 44.0 Å². The number of likely N-dealkylation sites (N-methyl/N-ethyl adjacent to an activating group) is 1. The topological polar surface area (TPSA) is 64.4 Å². The van der Waals surface area contributed by atoms with Gasteiger partial charge in [0.25, 0.3) is 5.91 Å². The van der Waals surface area contributed by atoms with Gasteiger partial charge >= 0.3 is 5.97 Å². The van der Waals surface area contributed by atoms with E-state index in [-0.39, 0.29) is 12.5 Å². The highest BCUT2D eigenvalue weighted by atomic mass is 16.5. The van der Waals surface area contributed by atoms with Crippen LogP contribution in [0.4, 0.5) is 0 Å². The number of carbonyl (C=O) groups is 2. The molecule has 6 nitrogen and oxygen atoms in total. The number of hydrogen-bond acceptors (Lipinski definition) is 4. The first kappa shape index (κ1) is 22.3. The number of rotatable bonds is 7. The molecular weight excluding hydrogens is 390 g/mol. The number of benzene rings is 2. The van der Waals surface area contributed by atoms with E-state index >= 15 is 0 Å². The van der Waals surface area contributed by atoms with E-state index in [0.717, 1.165) is 22.4 Å². The van der Waals surface area contributed by atoms with E-state index in [4.69, 9.17) is 4.74 Å². The molecule has 0 fully saturated rings. The summed E-state index contributed by atoms with van der Waals surface area (Å²) in [6.45, 7) is 8.41. The number of aromatic nitrogens is 2. The number of carbonyl (C=O) groups excluding carboxylic acids is 2. The van der Waals surface area contributed by atoms with Gasteiger partial charge in [0, 0.05) is 13.6 Å². The number of amides is 1. The molecule has 0 aliphatic rings. The second kappa shape index (κ2) is 9.60. The highest BCUT2D eigenvalue weighted by Crippen LogP contribution is 2.17. The fraction of sp³-hybridized carbons (Fsp3) is 0.320. The molecule has 162 valence electrons. The Morgan fingerprint density at radius 1 is 1.00 bits per heavy atom. The van der Waals surface area contributed by atoms with Gasteiger partial charge in [-0.05, 0) is 44.4 Å². The van der Waals surface area contributed by atoms with Gasteiger partial charge in [0.05, 0.1) is 17.9 Å². The molecule has 2 aromatic carbocycles. The number of nitrogens with zero attached hydrogens (tertiary/aromatic N) is 3. The molecule has 0 saturated heterocycles. The van der Waals surface area contributed by atoms with E-state index in [1.54, 1.807) is 23.6 Å². The number of esters is 1. The van der Waals surface area contributed by atoms with Gasteiger partial charge in [0.1, 0.15) is 5.56 Å². The Balaban J connectivity index is 1.62. The van der Waals surface area contributed by atoms with Gasteiger partial charge in [-0.3, -0.25) is 9.48 Å². The predicted molar refractivity (Wildman–Crippen MR) is 120 cm³/mol. The molecule has 1 aromatic heterocycles. The third-order valence-corrected chi connectivity index (χ3v) is 5.46. The minimum atomic E-state index is -0.525. The number of ether oxygens (including phenoxy) is 1. The zero-order chi connectivity index (χ0) is 22.5. The van der Waals surface area contributed by atoms with Crippen LogP contribution in [0.15, 0.2) is 48.5 Å². The van der Waals surface area contributed by atoms with E-state index in [2.05, 4.69) is 17.2 Å². The Bertz CT molecular complexity index is 1080. The third-order valence-electron chi connectivity index (χ3n) is 5.46. The van der Waals surface area contributed by atoms with Crippen LogP contribution in [0.2, 0.25) is 0 Å². The standard InChI is InChI=1S/C25H29N3O3/c1-17-10-12-21(13-11-17)14-28-20(4)24(19(3)26-28)25(30)31-16-23(29)27(5)15-22-9-7-6-8-18(22)2/h6-13H,14-16H2,1-5H3. The van der Waals surface area contributed by atoms with Crippen LogP contribution in [0.3, 0.4) is 0 Å². The van der Waals surface area contributed by atoms with E-state index in [1.807, 2.05) is 57.2 Å². The molecule has 31 heavy (non-hydrogen) atoms. The first-order valence-corrected chi connectivity index (χ1v) is 10.3. The zero-order valence-electron chi connectivity index (χ0n) is 18.8. The van der Waals surface area contributed by atoms with E-state index in [0.29, 0.717) is 24.3 Å². The molecule has 0 saturated carbocycles. The Labute approximate surface area is 183 Å². The van der Waals surface area contributed by atoms with Gasteiger partial charge in [0.2, 0.25) is 0 Å². The molecule has 3 aromatic rings. The predicted octanol–water partition coefficient (Wildman–Crippen LogP) is 3.98. The van der Waals surface area contributed by atoms with Gasteiger partial charge in [-0.1, -0.05) is 54.1 Å². The van der Waals surface area contributed by atoms with Crippen molar-refractivity contribution in [1.82, 2.24) is 14.7 Å². The van der Waals surface area contributed by atoms with Gasteiger partial charge in [-0.15, -0.1) is 0 Å². The molecule has 1 heterocycles. The van der Waals surface area contributed by atoms with Crippen molar-refractivity contribution in [3.05, 3.63) is 87.7 Å². The first-order chi connectivity index (χ1) is 14.8. The second-order valence-corrected chi connectivity index (χ2v) is 7.94. The van der Waals surface area contributed by atoms with Crippen LogP contribution in [0.25, 0.3) is 0 Å². The summed E-state index contributed by atoms with van der Waals surface area (Å²) in [6, 6.07) is 16.1. The second-order valence-electron chi connectivity index (χ2n) is 7.94. The molecule has 0 unspecified atom stereocenters. The average molecular weight is 420 g/mol. The summed E-state index contributed by atoms with van der Waals surface area (Å²) in [5, 5.41) is 4.50. The van der Waals surface area contributed by atoms with E-state index in [1.165, 1.54) is 5.56 Å². The highest BCUT2D eigenvalue weighted by molar-refractivity contribution is 5.93. The van der Waals surface area contributed by atoms with E-state index < -0.39 is 5.97 Å². The van der Waals surface area contributed by atoms with Crippen LogP contribution < -0.4 is 0 Å². The quantitative estimate of drug-likeness (QED) is 0.544. The maximum Gasteiger partial charge on any atom is 0.342 e. The van der Waals surface area contributed by atoms with Gasteiger partial charge in [0.15, 0.2) is 6.61 Å². The van der Waals surface area contributed by atoms with Gasteiger partial charge in [-0.2, -0.15) is 5.10 Å². The summed E-state index contributed by atoms with van der Waals surface area (Å²) >= 11 is 0. The van der Waals surface area contributed by atoms with Crippen molar-refractivity contribution < 1.29 is 14.3 Å². The minimum absolute atomic E-state index is 0.251. The minimum Gasteiger partial charge on any atom is -0.452 e. The number of hydrogen-bond donors (Lipinski definition) is 0. The lowest BCUT2D eigenvalue weighted by Crippen LogP contribution is -2.31. The lowest BCUT2D eigenvalue weighted by Gasteiger charge is -2.18. The first-order valence-electron chi connectivity index (χ1n) is 10.3. The van der Waals surface area contributed by atoms with Crippen LogP contribution in [-0.2, 0) is 22.6 Å². The Morgan fingerprint density at radius 2 is 1.68 bits per heavy atom. The molecule has 0 aliphatic carbocycles. The van der Waals surface area contributed by atoms with Crippen LogP contribution in [-0.4, -0.2) is 40.2 Å². The summed E-state index contributed by atoms with van der Waals surface area (Å²) in [5.74, 6) is -0.776. The number of aryl methyl sites for hydroxylation is 3. The molecule has 6 heteroatoms. The van der Waals surface area contributed by atoms with Crippen LogP contribution >= 0.6 is 0 Å². The lowest BCUT2D eigenvalue weighted by molar-refractivity contribution is -0.133. The molecule has 1 amide bonds. The molecule has 0 bridgehead atoms. The summed E-state index contributed by atoms with van der Waals surface area (Å²) in [6.07, 6.45) is 0. The SMILES string of the molecule is Cc1ccc(Cn2nc(C)c(C(=O)OCC(=O)N(C)Cc3ccccc3C)c2C)cc1. The molecule has 0 aliphatic heterocycles. The third kappa shape index (κ3) is 5.40. The highest BCUT2D eigenvalue weighted by Gasteiger charge is 2.22. The van der Waals surface area contributed by atoms with Crippen LogP contribution in [0.5, 0.6) is 0 Å². The molecule has 3 rings (SSSR count). The normalized spacial score (nSPS) is 10.7. The fourth-order valence-electron chi connectivity index (χ4n) is 3.45. The van der Waals surface area contributed by atoms with E-state index in [9.17, 15) is 9.59 Å². The summed E-state index contributed by atoms with van der Waals surface area (Å²) in [4.78, 5) is 26.7. The van der Waals surface area contributed by atoms with Crippen molar-refractivity contribution in [3.8, 4) is 0 Å². The maximum atomic E-state index is 12.7. The van der Waals surface area contributed by atoms with Crippen molar-refractivity contribution in [2.24, 2.45) is 0 Å². The van der Waals surface area contributed by atoms with Crippen molar-refractivity contribution in [2.75, 3.05) is 13.7 Å².